The normalized spacial score (nSPS) is 12.1. The number of esters is 1. The number of halogens is 4. The summed E-state index contributed by atoms with van der Waals surface area (Å²) in [6.45, 7) is 1.81. The van der Waals surface area contributed by atoms with Crippen LogP contribution in [0.2, 0.25) is 5.02 Å². The van der Waals surface area contributed by atoms with Crippen LogP contribution < -0.4 is 0 Å². The Morgan fingerprint density at radius 1 is 1.17 bits per heavy atom. The Labute approximate surface area is 142 Å². The third-order valence-electron chi connectivity index (χ3n) is 3.18. The lowest BCUT2D eigenvalue weighted by Crippen LogP contribution is -2.08. The Hall–Kier alpha value is -2.27. The van der Waals surface area contributed by atoms with Crippen molar-refractivity contribution < 1.29 is 22.7 Å². The summed E-state index contributed by atoms with van der Waals surface area (Å²) in [5.41, 5.74) is 0.358. The van der Waals surface area contributed by atoms with Crippen LogP contribution in [0, 0.1) is 0 Å². The molecule has 2 aromatic carbocycles. The highest BCUT2D eigenvalue weighted by atomic mass is 35.5. The summed E-state index contributed by atoms with van der Waals surface area (Å²) < 4.78 is 43.0. The minimum absolute atomic E-state index is 0.159. The zero-order valence-corrected chi connectivity index (χ0v) is 13.5. The molecule has 126 valence electrons. The van der Waals surface area contributed by atoms with E-state index in [0.717, 1.165) is 12.1 Å². The highest BCUT2D eigenvalue weighted by Gasteiger charge is 2.30. The van der Waals surface area contributed by atoms with Gasteiger partial charge in [0.2, 0.25) is 0 Å². The van der Waals surface area contributed by atoms with Gasteiger partial charge in [0.1, 0.15) is 0 Å². The van der Waals surface area contributed by atoms with Crippen LogP contribution in [0.1, 0.15) is 23.6 Å². The van der Waals surface area contributed by atoms with E-state index < -0.39 is 17.7 Å². The van der Waals surface area contributed by atoms with E-state index in [1.165, 1.54) is 18.2 Å². The van der Waals surface area contributed by atoms with E-state index in [-0.39, 0.29) is 12.2 Å². The molecule has 2 rings (SSSR count). The molecule has 0 aliphatic carbocycles. The van der Waals surface area contributed by atoms with Gasteiger partial charge in [-0.15, -0.1) is 0 Å². The smallest absolute Gasteiger partial charge is 0.416 e. The van der Waals surface area contributed by atoms with Crippen molar-refractivity contribution in [3.05, 3.63) is 70.2 Å². The third kappa shape index (κ3) is 4.61. The van der Waals surface area contributed by atoms with Crippen LogP contribution in [0.25, 0.3) is 11.6 Å². The van der Waals surface area contributed by atoms with Crippen molar-refractivity contribution in [2.24, 2.45) is 0 Å². The highest BCUT2D eigenvalue weighted by Crippen LogP contribution is 2.30. The van der Waals surface area contributed by atoms with Gasteiger partial charge in [-0.1, -0.05) is 35.9 Å². The van der Waals surface area contributed by atoms with Crippen molar-refractivity contribution in [1.82, 2.24) is 0 Å². The minimum atomic E-state index is -4.43. The topological polar surface area (TPSA) is 26.3 Å². The molecule has 0 saturated heterocycles. The van der Waals surface area contributed by atoms with Crippen LogP contribution in [-0.2, 0) is 15.7 Å². The second kappa shape index (κ2) is 7.53. The predicted molar refractivity (Wildman–Crippen MR) is 87.4 cm³/mol. The number of hydrogen-bond acceptors (Lipinski definition) is 2. The monoisotopic (exact) mass is 354 g/mol. The zero-order valence-electron chi connectivity index (χ0n) is 12.7. The Bertz CT molecular complexity index is 750. The second-order valence-corrected chi connectivity index (χ2v) is 5.35. The Morgan fingerprint density at radius 3 is 2.38 bits per heavy atom. The van der Waals surface area contributed by atoms with Gasteiger partial charge in [-0.3, -0.25) is 0 Å². The largest absolute Gasteiger partial charge is 0.462 e. The molecule has 0 unspecified atom stereocenters. The first kappa shape index (κ1) is 18.1. The summed E-state index contributed by atoms with van der Waals surface area (Å²) in [7, 11) is 0. The highest BCUT2D eigenvalue weighted by molar-refractivity contribution is 6.30. The molecule has 0 fully saturated rings. The number of hydrogen-bond donors (Lipinski definition) is 0. The van der Waals surface area contributed by atoms with Crippen LogP contribution in [0.4, 0.5) is 13.2 Å². The fraction of sp³-hybridized carbons (Fsp3) is 0.167. The summed E-state index contributed by atoms with van der Waals surface area (Å²) in [5, 5.41) is 0.486. The average Bonchev–Trinajstić information content (AvgIpc) is 2.52. The number of carbonyl (C=O) groups is 1. The van der Waals surface area contributed by atoms with Gasteiger partial charge in [-0.25, -0.2) is 4.79 Å². The first-order chi connectivity index (χ1) is 11.3. The van der Waals surface area contributed by atoms with Gasteiger partial charge < -0.3 is 4.74 Å². The van der Waals surface area contributed by atoms with Gasteiger partial charge in [0.15, 0.2) is 0 Å². The van der Waals surface area contributed by atoms with Gasteiger partial charge in [-0.05, 0) is 48.4 Å². The molecule has 0 spiro atoms. The first-order valence-electron chi connectivity index (χ1n) is 7.13. The second-order valence-electron chi connectivity index (χ2n) is 4.91. The maximum atomic E-state index is 12.7. The van der Waals surface area contributed by atoms with Crippen molar-refractivity contribution in [2.75, 3.05) is 6.61 Å². The molecule has 0 bridgehead atoms. The van der Waals surface area contributed by atoms with Crippen LogP contribution in [0.5, 0.6) is 0 Å². The van der Waals surface area contributed by atoms with E-state index in [4.69, 9.17) is 16.3 Å². The van der Waals surface area contributed by atoms with Gasteiger partial charge >= 0.3 is 12.1 Å². The van der Waals surface area contributed by atoms with Gasteiger partial charge in [0.25, 0.3) is 0 Å². The van der Waals surface area contributed by atoms with Crippen molar-refractivity contribution in [2.45, 2.75) is 13.1 Å². The molecule has 0 aromatic heterocycles. The first-order valence-corrected chi connectivity index (χ1v) is 7.51. The lowest BCUT2D eigenvalue weighted by atomic mass is 10.0. The molecule has 24 heavy (non-hydrogen) atoms. The van der Waals surface area contributed by atoms with E-state index in [1.807, 2.05) is 0 Å². The van der Waals surface area contributed by atoms with E-state index in [2.05, 4.69) is 0 Å². The molecule has 0 amide bonds. The molecule has 0 heterocycles. The third-order valence-corrected chi connectivity index (χ3v) is 3.41. The maximum absolute atomic E-state index is 12.7. The van der Waals surface area contributed by atoms with Crippen LogP contribution in [0.15, 0.2) is 48.5 Å². The van der Waals surface area contributed by atoms with Crippen LogP contribution >= 0.6 is 11.6 Å². The number of rotatable bonds is 4. The van der Waals surface area contributed by atoms with E-state index in [0.29, 0.717) is 16.1 Å². The lowest BCUT2D eigenvalue weighted by Gasteiger charge is -2.10. The van der Waals surface area contributed by atoms with Crippen LogP contribution in [0.3, 0.4) is 0 Å². The number of ether oxygens (including phenoxy) is 1. The van der Waals surface area contributed by atoms with E-state index in [9.17, 15) is 18.0 Å². The summed E-state index contributed by atoms with van der Waals surface area (Å²) in [6.07, 6.45) is -2.90. The molecule has 2 nitrogen and oxygen atoms in total. The molecule has 6 heteroatoms. The van der Waals surface area contributed by atoms with Crippen molar-refractivity contribution in [1.29, 1.82) is 0 Å². The van der Waals surface area contributed by atoms with E-state index >= 15 is 0 Å². The fourth-order valence-electron chi connectivity index (χ4n) is 2.07. The Balaban J connectivity index is 2.45. The molecular weight excluding hydrogens is 341 g/mol. The van der Waals surface area contributed by atoms with Gasteiger partial charge in [0.05, 0.1) is 17.7 Å². The summed E-state index contributed by atoms with van der Waals surface area (Å²) in [4.78, 5) is 12.2. The minimum Gasteiger partial charge on any atom is -0.462 e. The van der Waals surface area contributed by atoms with Crippen molar-refractivity contribution >= 4 is 29.2 Å². The molecule has 0 saturated carbocycles. The number of alkyl halides is 3. The predicted octanol–water partition coefficient (Wildman–Crippen LogP) is 5.46. The summed E-state index contributed by atoms with van der Waals surface area (Å²) in [6, 6.07) is 11.1. The molecule has 0 aliphatic heterocycles. The number of benzene rings is 2. The summed E-state index contributed by atoms with van der Waals surface area (Å²) >= 11 is 5.92. The van der Waals surface area contributed by atoms with Crippen LogP contribution in [-0.4, -0.2) is 12.6 Å². The molecule has 0 aliphatic rings. The number of carbonyl (C=O) groups excluding carboxylic acids is 1. The SMILES string of the molecule is CCOC(=O)C(=Cc1cccc(Cl)c1)c1ccc(C(F)(F)F)cc1. The standard InChI is InChI=1S/C18H14ClF3O2/c1-2-24-17(23)16(11-12-4-3-5-15(19)10-12)13-6-8-14(9-7-13)18(20,21)22/h3-11H,2H2,1H3. The maximum Gasteiger partial charge on any atom is 0.416 e. The zero-order chi connectivity index (χ0) is 17.7. The van der Waals surface area contributed by atoms with E-state index in [1.54, 1.807) is 31.2 Å². The van der Waals surface area contributed by atoms with Gasteiger partial charge in [0, 0.05) is 5.02 Å². The molecule has 0 N–H and O–H groups in total. The lowest BCUT2D eigenvalue weighted by molar-refractivity contribution is -0.137. The average molecular weight is 355 g/mol. The quantitative estimate of drug-likeness (QED) is 0.414. The molecular formula is C18H14ClF3O2. The van der Waals surface area contributed by atoms with Crippen molar-refractivity contribution in [3.8, 4) is 0 Å². The van der Waals surface area contributed by atoms with Gasteiger partial charge in [-0.2, -0.15) is 13.2 Å². The Morgan fingerprint density at radius 2 is 1.83 bits per heavy atom. The molecule has 0 radical (unpaired) electrons. The molecule has 0 atom stereocenters. The Kier molecular flexibility index (Phi) is 5.67. The fourth-order valence-corrected chi connectivity index (χ4v) is 2.27. The van der Waals surface area contributed by atoms with Crippen molar-refractivity contribution in [3.63, 3.8) is 0 Å². The molecule has 2 aromatic rings. The summed E-state index contributed by atoms with van der Waals surface area (Å²) in [5.74, 6) is -0.614.